The number of hydrogen-bond acceptors (Lipinski definition) is 1. The first kappa shape index (κ1) is 14.6. The van der Waals surface area contributed by atoms with Crippen molar-refractivity contribution in [3.8, 4) is 0 Å². The van der Waals surface area contributed by atoms with Crippen LogP contribution >= 0.6 is 0 Å². The Kier molecular flexibility index (Phi) is 4.83. The molecule has 1 N–H and O–H groups in total. The van der Waals surface area contributed by atoms with Gasteiger partial charge in [0.05, 0.1) is 0 Å². The fourth-order valence-electron chi connectivity index (χ4n) is 2.57. The lowest BCUT2D eigenvalue weighted by Crippen LogP contribution is -2.05. The van der Waals surface area contributed by atoms with E-state index in [1.54, 1.807) is 0 Å². The molecule has 1 heterocycles. The minimum absolute atomic E-state index is 0.241. The van der Waals surface area contributed by atoms with Gasteiger partial charge in [0.2, 0.25) is 0 Å². The number of fused-ring (bicyclic) bond motifs is 1. The normalized spacial score (nSPS) is 12.7. The fourth-order valence-corrected chi connectivity index (χ4v) is 2.57. The molecule has 0 fully saturated rings. The van der Waals surface area contributed by atoms with E-state index in [0.29, 0.717) is 12.3 Å². The summed E-state index contributed by atoms with van der Waals surface area (Å²) in [5.41, 5.74) is 2.53. The van der Waals surface area contributed by atoms with Gasteiger partial charge in [0.25, 0.3) is 0 Å². The lowest BCUT2D eigenvalue weighted by molar-refractivity contribution is -0.137. The molecule has 0 amide bonds. The first-order valence-electron chi connectivity index (χ1n) is 7.40. The number of aryl methyl sites for hydroxylation is 1. The standard InChI is InChI=1S/C17H23NO2/c1-3-13(2)11-18-12-14(7-6-10-17(19)20)15-8-4-5-9-16(15)18/h4-5,8-9,12-13H,3,6-7,10-11H2,1-2H3,(H,19,20). The van der Waals surface area contributed by atoms with E-state index in [0.717, 1.165) is 13.0 Å². The fraction of sp³-hybridized carbons (Fsp3) is 0.471. The molecule has 0 radical (unpaired) electrons. The quantitative estimate of drug-likeness (QED) is 0.825. The zero-order valence-corrected chi connectivity index (χ0v) is 12.3. The number of nitrogens with zero attached hydrogens (tertiary/aromatic N) is 1. The van der Waals surface area contributed by atoms with E-state index in [4.69, 9.17) is 5.11 Å². The highest BCUT2D eigenvalue weighted by Gasteiger charge is 2.10. The van der Waals surface area contributed by atoms with Crippen LogP contribution in [0.4, 0.5) is 0 Å². The van der Waals surface area contributed by atoms with E-state index < -0.39 is 5.97 Å². The highest BCUT2D eigenvalue weighted by molar-refractivity contribution is 5.84. The summed E-state index contributed by atoms with van der Waals surface area (Å²) < 4.78 is 2.32. The monoisotopic (exact) mass is 273 g/mol. The summed E-state index contributed by atoms with van der Waals surface area (Å²) in [6.45, 7) is 5.50. The zero-order chi connectivity index (χ0) is 14.5. The molecule has 0 bridgehead atoms. The third-order valence-electron chi connectivity index (χ3n) is 3.91. The van der Waals surface area contributed by atoms with Crippen molar-refractivity contribution in [1.29, 1.82) is 0 Å². The number of aromatic nitrogens is 1. The average Bonchev–Trinajstić information content (AvgIpc) is 2.77. The third kappa shape index (κ3) is 3.41. The lowest BCUT2D eigenvalue weighted by Gasteiger charge is -2.10. The molecule has 0 spiro atoms. The van der Waals surface area contributed by atoms with Crippen LogP contribution < -0.4 is 0 Å². The topological polar surface area (TPSA) is 42.2 Å². The van der Waals surface area contributed by atoms with Gasteiger partial charge in [-0.15, -0.1) is 0 Å². The summed E-state index contributed by atoms with van der Waals surface area (Å²) in [5.74, 6) is -0.0639. The van der Waals surface area contributed by atoms with Gasteiger partial charge >= 0.3 is 5.97 Å². The van der Waals surface area contributed by atoms with Crippen LogP contribution in [-0.4, -0.2) is 15.6 Å². The molecule has 1 aromatic carbocycles. The van der Waals surface area contributed by atoms with E-state index in [1.165, 1.54) is 22.9 Å². The molecular formula is C17H23NO2. The molecule has 0 saturated carbocycles. The van der Waals surface area contributed by atoms with Gasteiger partial charge in [-0.05, 0) is 30.4 Å². The van der Waals surface area contributed by atoms with Crippen molar-refractivity contribution in [1.82, 2.24) is 4.57 Å². The van der Waals surface area contributed by atoms with Gasteiger partial charge in [0.15, 0.2) is 0 Å². The van der Waals surface area contributed by atoms with Crippen LogP contribution in [0.15, 0.2) is 30.5 Å². The number of hydrogen-bond donors (Lipinski definition) is 1. The molecule has 1 aromatic heterocycles. The van der Waals surface area contributed by atoms with Crippen molar-refractivity contribution in [3.63, 3.8) is 0 Å². The molecular weight excluding hydrogens is 250 g/mol. The molecule has 0 aliphatic rings. The van der Waals surface area contributed by atoms with Gasteiger partial charge < -0.3 is 9.67 Å². The Balaban J connectivity index is 2.23. The highest BCUT2D eigenvalue weighted by Crippen LogP contribution is 2.24. The summed E-state index contributed by atoms with van der Waals surface area (Å²) in [4.78, 5) is 10.6. The Morgan fingerprint density at radius 1 is 1.35 bits per heavy atom. The van der Waals surface area contributed by atoms with Crippen LogP contribution in [0.1, 0.15) is 38.7 Å². The van der Waals surface area contributed by atoms with Crippen molar-refractivity contribution >= 4 is 16.9 Å². The van der Waals surface area contributed by atoms with Gasteiger partial charge in [-0.3, -0.25) is 4.79 Å². The third-order valence-corrected chi connectivity index (χ3v) is 3.91. The summed E-state index contributed by atoms with van der Waals surface area (Å²) in [6.07, 6.45) is 5.15. The number of carboxylic acid groups (broad SMARTS) is 1. The number of aliphatic carboxylic acids is 1. The number of carbonyl (C=O) groups is 1. The van der Waals surface area contributed by atoms with Crippen LogP contribution in [0, 0.1) is 5.92 Å². The minimum atomic E-state index is -0.714. The summed E-state index contributed by atoms with van der Waals surface area (Å²) in [7, 11) is 0. The number of rotatable bonds is 7. The second-order valence-corrected chi connectivity index (χ2v) is 5.58. The van der Waals surface area contributed by atoms with Gasteiger partial charge in [-0.1, -0.05) is 38.5 Å². The van der Waals surface area contributed by atoms with Gasteiger partial charge in [-0.2, -0.15) is 0 Å². The van der Waals surface area contributed by atoms with Crippen LogP contribution in [0.3, 0.4) is 0 Å². The van der Waals surface area contributed by atoms with Gasteiger partial charge in [-0.25, -0.2) is 0 Å². The molecule has 3 heteroatoms. The van der Waals surface area contributed by atoms with Gasteiger partial charge in [0.1, 0.15) is 0 Å². The first-order valence-corrected chi connectivity index (χ1v) is 7.40. The predicted octanol–water partition coefficient (Wildman–Crippen LogP) is 4.09. The van der Waals surface area contributed by atoms with Crippen molar-refractivity contribution in [2.75, 3.05) is 0 Å². The number of benzene rings is 1. The first-order chi connectivity index (χ1) is 9.61. The molecule has 0 aliphatic carbocycles. The SMILES string of the molecule is CCC(C)Cn1cc(CCCC(=O)O)c2ccccc21. The smallest absolute Gasteiger partial charge is 0.303 e. The lowest BCUT2D eigenvalue weighted by atomic mass is 10.1. The van der Waals surface area contributed by atoms with Crippen LogP contribution in [0.2, 0.25) is 0 Å². The maximum absolute atomic E-state index is 10.6. The van der Waals surface area contributed by atoms with Crippen LogP contribution in [0.25, 0.3) is 10.9 Å². The van der Waals surface area contributed by atoms with E-state index in [-0.39, 0.29) is 6.42 Å². The largest absolute Gasteiger partial charge is 0.481 e. The Labute approximate surface area is 120 Å². The van der Waals surface area contributed by atoms with E-state index in [2.05, 4.69) is 48.9 Å². The number of carboxylic acids is 1. The van der Waals surface area contributed by atoms with Crippen molar-refractivity contribution < 1.29 is 9.90 Å². The van der Waals surface area contributed by atoms with E-state index in [1.807, 2.05) is 0 Å². The molecule has 2 aromatic rings. The summed E-state index contributed by atoms with van der Waals surface area (Å²) in [5, 5.41) is 10.0. The Morgan fingerprint density at radius 2 is 2.10 bits per heavy atom. The maximum atomic E-state index is 10.6. The summed E-state index contributed by atoms with van der Waals surface area (Å²) >= 11 is 0. The van der Waals surface area contributed by atoms with Gasteiger partial charge in [0, 0.05) is 30.1 Å². The molecule has 20 heavy (non-hydrogen) atoms. The minimum Gasteiger partial charge on any atom is -0.481 e. The number of para-hydroxylation sites is 1. The van der Waals surface area contributed by atoms with Crippen molar-refractivity contribution in [3.05, 3.63) is 36.0 Å². The van der Waals surface area contributed by atoms with E-state index >= 15 is 0 Å². The Bertz CT molecular complexity index is 586. The molecule has 108 valence electrons. The van der Waals surface area contributed by atoms with Crippen molar-refractivity contribution in [2.45, 2.75) is 46.1 Å². The average molecular weight is 273 g/mol. The Hall–Kier alpha value is -1.77. The van der Waals surface area contributed by atoms with Crippen molar-refractivity contribution in [2.24, 2.45) is 5.92 Å². The second-order valence-electron chi connectivity index (χ2n) is 5.58. The molecule has 0 aliphatic heterocycles. The predicted molar refractivity (Wildman–Crippen MR) is 82.0 cm³/mol. The Morgan fingerprint density at radius 3 is 2.80 bits per heavy atom. The molecule has 3 nitrogen and oxygen atoms in total. The maximum Gasteiger partial charge on any atom is 0.303 e. The highest BCUT2D eigenvalue weighted by atomic mass is 16.4. The van der Waals surface area contributed by atoms with Crippen LogP contribution in [-0.2, 0) is 17.8 Å². The summed E-state index contributed by atoms with van der Waals surface area (Å²) in [6, 6.07) is 8.41. The molecule has 0 saturated heterocycles. The second kappa shape index (κ2) is 6.60. The van der Waals surface area contributed by atoms with E-state index in [9.17, 15) is 4.79 Å². The molecule has 2 rings (SSSR count). The van der Waals surface area contributed by atoms with Crippen LogP contribution in [0.5, 0.6) is 0 Å². The molecule has 1 unspecified atom stereocenters. The molecule has 1 atom stereocenters. The zero-order valence-electron chi connectivity index (χ0n) is 12.3.